The smallest absolute Gasteiger partial charge is 0.323 e. The van der Waals surface area contributed by atoms with Crippen molar-refractivity contribution < 1.29 is 38.1 Å². The standard InChI is InChI=1S/2C25H28N2O4/c2*1-2-30-24(28)21-19-13-14-31-25(29)22(19)27-20(18-11-7-4-8-12-18)16-26(23(21)27)15-17-9-5-3-6-10-17/h2*3-12,19-23H,2,13-16H2,1H3/t2*19-,20-,21-,22+,23+/m11/s1. The zero-order chi connectivity index (χ0) is 42.7. The summed E-state index contributed by atoms with van der Waals surface area (Å²) in [4.78, 5) is 61.4. The number of esters is 4. The normalized spacial score (nSPS) is 30.5. The number of cyclic esters (lactones) is 2. The van der Waals surface area contributed by atoms with E-state index in [2.05, 4.69) is 68.1 Å². The van der Waals surface area contributed by atoms with Crippen LogP contribution in [0.1, 0.15) is 61.0 Å². The zero-order valence-electron chi connectivity index (χ0n) is 35.4. The van der Waals surface area contributed by atoms with Crippen molar-refractivity contribution in [2.45, 2.75) is 76.3 Å². The van der Waals surface area contributed by atoms with Crippen LogP contribution < -0.4 is 0 Å². The van der Waals surface area contributed by atoms with Crippen LogP contribution in [0.5, 0.6) is 0 Å². The molecule has 62 heavy (non-hydrogen) atoms. The zero-order valence-corrected chi connectivity index (χ0v) is 35.4. The van der Waals surface area contributed by atoms with Crippen LogP contribution in [0.25, 0.3) is 0 Å². The van der Waals surface area contributed by atoms with Crippen LogP contribution >= 0.6 is 0 Å². The lowest BCUT2D eigenvalue weighted by Gasteiger charge is -2.33. The Hall–Kier alpha value is -5.40. The maximum atomic E-state index is 13.2. The monoisotopic (exact) mass is 840 g/mol. The summed E-state index contributed by atoms with van der Waals surface area (Å²) in [5.41, 5.74) is 4.70. The molecule has 10 rings (SSSR count). The molecule has 12 heteroatoms. The predicted molar refractivity (Wildman–Crippen MR) is 229 cm³/mol. The highest BCUT2D eigenvalue weighted by atomic mass is 16.5. The first-order valence-electron chi connectivity index (χ1n) is 22.2. The van der Waals surface area contributed by atoms with Crippen molar-refractivity contribution in [3.05, 3.63) is 144 Å². The van der Waals surface area contributed by atoms with Crippen molar-refractivity contribution in [2.75, 3.05) is 39.5 Å². The molecule has 6 fully saturated rings. The number of rotatable bonds is 10. The van der Waals surface area contributed by atoms with Gasteiger partial charge in [-0.05, 0) is 48.9 Å². The SMILES string of the molecule is CCOC(=O)[C@@H]1[C@H]2CCOC(=O)[C@H]2N2[C@@H](c3ccccc3)CN(Cc3ccccc3)[C@H]12.CCOC(=O)[C@@H]1[C@H]2CCOC(=O)[C@H]2N2[C@@H](c3ccccc3)CN(Cc3ccccc3)[C@H]12. The van der Waals surface area contributed by atoms with E-state index < -0.39 is 12.1 Å². The maximum Gasteiger partial charge on any atom is 0.323 e. The molecule has 324 valence electrons. The van der Waals surface area contributed by atoms with Crippen molar-refractivity contribution >= 4 is 23.9 Å². The lowest BCUT2D eigenvalue weighted by Crippen LogP contribution is -2.46. The summed E-state index contributed by atoms with van der Waals surface area (Å²) in [5.74, 6) is -1.74. The number of hydrogen-bond acceptors (Lipinski definition) is 12. The molecule has 6 aliphatic heterocycles. The molecular formula is C50H56N4O8. The first-order chi connectivity index (χ1) is 30.4. The van der Waals surface area contributed by atoms with Crippen LogP contribution in [-0.2, 0) is 51.2 Å². The molecule has 4 aromatic rings. The van der Waals surface area contributed by atoms with E-state index in [9.17, 15) is 19.2 Å². The largest absolute Gasteiger partial charge is 0.466 e. The first kappa shape index (κ1) is 41.9. The van der Waals surface area contributed by atoms with E-state index in [0.29, 0.717) is 39.3 Å². The van der Waals surface area contributed by atoms with Crippen molar-refractivity contribution in [1.82, 2.24) is 19.6 Å². The summed E-state index contributed by atoms with van der Waals surface area (Å²) in [6, 6.07) is 40.3. The van der Waals surface area contributed by atoms with Crippen LogP contribution in [-0.4, -0.2) is 107 Å². The predicted octanol–water partition coefficient (Wildman–Crippen LogP) is 5.99. The topological polar surface area (TPSA) is 118 Å². The highest BCUT2D eigenvalue weighted by Gasteiger charge is 2.65. The third kappa shape index (κ3) is 7.94. The van der Waals surface area contributed by atoms with Gasteiger partial charge in [0.25, 0.3) is 0 Å². The van der Waals surface area contributed by atoms with Gasteiger partial charge in [-0.1, -0.05) is 121 Å². The van der Waals surface area contributed by atoms with Gasteiger partial charge in [0.05, 0.1) is 50.6 Å². The Bertz CT molecular complexity index is 2030. The lowest BCUT2D eigenvalue weighted by atomic mass is 9.84. The molecule has 0 spiro atoms. The highest BCUT2D eigenvalue weighted by Crippen LogP contribution is 2.52. The molecule has 0 aliphatic carbocycles. The number of nitrogens with zero attached hydrogens (tertiary/aromatic N) is 4. The summed E-state index contributed by atoms with van der Waals surface area (Å²) >= 11 is 0. The van der Waals surface area contributed by atoms with Gasteiger partial charge in [-0.3, -0.25) is 38.8 Å². The van der Waals surface area contributed by atoms with E-state index in [1.165, 1.54) is 11.1 Å². The van der Waals surface area contributed by atoms with E-state index in [0.717, 1.165) is 37.3 Å². The molecule has 6 saturated heterocycles. The van der Waals surface area contributed by atoms with E-state index in [4.69, 9.17) is 18.9 Å². The summed E-state index contributed by atoms with van der Waals surface area (Å²) in [6.45, 7) is 8.00. The second-order valence-corrected chi connectivity index (χ2v) is 17.1. The molecule has 0 radical (unpaired) electrons. The van der Waals surface area contributed by atoms with E-state index >= 15 is 0 Å². The second kappa shape index (κ2) is 18.5. The van der Waals surface area contributed by atoms with E-state index in [1.54, 1.807) is 0 Å². The first-order valence-corrected chi connectivity index (χ1v) is 22.2. The fourth-order valence-corrected chi connectivity index (χ4v) is 11.4. The molecule has 0 unspecified atom stereocenters. The summed E-state index contributed by atoms with van der Waals surface area (Å²) in [6.07, 6.45) is 0.997. The molecule has 0 saturated carbocycles. The fraction of sp³-hybridized carbons (Fsp3) is 0.440. The molecule has 12 nitrogen and oxygen atoms in total. The van der Waals surface area contributed by atoms with Gasteiger partial charge in [-0.25, -0.2) is 0 Å². The molecule has 0 N–H and O–H groups in total. The number of fused-ring (bicyclic) bond motifs is 6. The average molecular weight is 841 g/mol. The van der Waals surface area contributed by atoms with Crippen molar-refractivity contribution in [3.63, 3.8) is 0 Å². The van der Waals surface area contributed by atoms with Gasteiger partial charge in [0.2, 0.25) is 0 Å². The van der Waals surface area contributed by atoms with Crippen LogP contribution in [0.3, 0.4) is 0 Å². The second-order valence-electron chi connectivity index (χ2n) is 17.1. The van der Waals surface area contributed by atoms with Crippen LogP contribution in [0.15, 0.2) is 121 Å². The Morgan fingerprint density at radius 2 is 0.903 bits per heavy atom. The minimum atomic E-state index is -0.417. The Kier molecular flexibility index (Phi) is 12.5. The highest BCUT2D eigenvalue weighted by molar-refractivity contribution is 5.83. The van der Waals surface area contributed by atoms with Crippen LogP contribution in [0.2, 0.25) is 0 Å². The van der Waals surface area contributed by atoms with Gasteiger partial charge >= 0.3 is 23.9 Å². The van der Waals surface area contributed by atoms with Gasteiger partial charge in [-0.2, -0.15) is 0 Å². The molecule has 6 aliphatic rings. The number of carbonyl (C=O) groups is 4. The number of ether oxygens (including phenoxy) is 4. The number of hydrogen-bond donors (Lipinski definition) is 0. The van der Waals surface area contributed by atoms with Crippen LogP contribution in [0.4, 0.5) is 0 Å². The molecular weight excluding hydrogens is 785 g/mol. The third-order valence-electron chi connectivity index (χ3n) is 13.7. The van der Waals surface area contributed by atoms with E-state index in [1.807, 2.05) is 86.6 Å². The van der Waals surface area contributed by atoms with Crippen molar-refractivity contribution in [3.8, 4) is 0 Å². The Labute approximate surface area is 363 Å². The Morgan fingerprint density at radius 1 is 0.548 bits per heavy atom. The van der Waals surface area contributed by atoms with Gasteiger partial charge in [0, 0.05) is 50.1 Å². The lowest BCUT2D eigenvalue weighted by molar-refractivity contribution is -0.160. The Balaban J connectivity index is 0.000000158. The third-order valence-corrected chi connectivity index (χ3v) is 13.7. The van der Waals surface area contributed by atoms with Crippen molar-refractivity contribution in [1.29, 1.82) is 0 Å². The maximum absolute atomic E-state index is 13.2. The number of benzene rings is 4. The average Bonchev–Trinajstić information content (AvgIpc) is 4.04. The molecule has 6 heterocycles. The summed E-state index contributed by atoms with van der Waals surface area (Å²) in [7, 11) is 0. The Morgan fingerprint density at radius 3 is 1.26 bits per heavy atom. The minimum absolute atomic E-state index is 0.0208. The van der Waals surface area contributed by atoms with E-state index in [-0.39, 0.29) is 72.0 Å². The summed E-state index contributed by atoms with van der Waals surface area (Å²) in [5, 5.41) is 0. The molecule has 4 aromatic carbocycles. The fourth-order valence-electron chi connectivity index (χ4n) is 11.4. The van der Waals surface area contributed by atoms with Gasteiger partial charge < -0.3 is 18.9 Å². The number of carbonyl (C=O) groups excluding carboxylic acids is 4. The molecule has 10 atom stereocenters. The summed E-state index contributed by atoms with van der Waals surface area (Å²) < 4.78 is 22.0. The molecule has 0 amide bonds. The van der Waals surface area contributed by atoms with Gasteiger partial charge in [-0.15, -0.1) is 0 Å². The molecule has 0 bridgehead atoms. The minimum Gasteiger partial charge on any atom is -0.466 e. The van der Waals surface area contributed by atoms with Crippen molar-refractivity contribution in [2.24, 2.45) is 23.7 Å². The quantitative estimate of drug-likeness (QED) is 0.138. The van der Waals surface area contributed by atoms with Crippen LogP contribution in [0, 0.1) is 23.7 Å². The van der Waals surface area contributed by atoms with Gasteiger partial charge in [0.1, 0.15) is 12.1 Å². The molecule has 0 aromatic heterocycles. The van der Waals surface area contributed by atoms with Gasteiger partial charge in [0.15, 0.2) is 0 Å².